The summed E-state index contributed by atoms with van der Waals surface area (Å²) in [4.78, 5) is 61.8. The van der Waals surface area contributed by atoms with Gasteiger partial charge in [-0.2, -0.15) is 4.39 Å². The Morgan fingerprint density at radius 2 is 1.75 bits per heavy atom. The molecular weight excluding hydrogens is 393 g/mol. The van der Waals surface area contributed by atoms with Gasteiger partial charge in [0, 0.05) is 6.54 Å². The van der Waals surface area contributed by atoms with Crippen molar-refractivity contribution in [3.8, 4) is 0 Å². The molecule has 2 aromatic rings. The molecule has 1 atom stereocenters. The fourth-order valence-electron chi connectivity index (χ4n) is 2.83. The Balaban J connectivity index is 1.83. The summed E-state index contributed by atoms with van der Waals surface area (Å²) in [5, 5.41) is 7.98. The minimum atomic E-state index is -1.21. The van der Waals surface area contributed by atoms with Crippen molar-refractivity contribution in [2.24, 2.45) is 0 Å². The van der Waals surface area contributed by atoms with Crippen molar-refractivity contribution in [1.29, 1.82) is 0 Å². The highest BCUT2D eigenvalue weighted by atomic mass is 32.2. The Hall–Kier alpha value is -3.21. The van der Waals surface area contributed by atoms with Gasteiger partial charge in [0.1, 0.15) is 0 Å². The standard InChI is InChI=1S/C17H14FN3O6S/c18-11-7-21(17(27)19-14(11)24)12(28-8-13(22)23)5-6-20-15(25)9-3-1-2-4-10(9)16(20)26/h1-4,7,12H,5-6,8H2,(H,22,23)(H,19,24,27). The van der Waals surface area contributed by atoms with Crippen LogP contribution in [0.4, 0.5) is 4.39 Å². The Bertz CT molecular complexity index is 1040. The maximum absolute atomic E-state index is 13.6. The predicted octanol–water partition coefficient (Wildman–Crippen LogP) is 0.678. The van der Waals surface area contributed by atoms with E-state index in [4.69, 9.17) is 5.11 Å². The first-order valence-corrected chi connectivity index (χ1v) is 9.14. The molecule has 146 valence electrons. The van der Waals surface area contributed by atoms with E-state index in [1.165, 1.54) is 12.1 Å². The van der Waals surface area contributed by atoms with Crippen LogP contribution in [0.25, 0.3) is 0 Å². The highest BCUT2D eigenvalue weighted by Gasteiger charge is 2.35. The van der Waals surface area contributed by atoms with E-state index in [0.717, 1.165) is 21.2 Å². The van der Waals surface area contributed by atoms with Gasteiger partial charge in [-0.15, -0.1) is 11.8 Å². The zero-order valence-corrected chi connectivity index (χ0v) is 15.1. The summed E-state index contributed by atoms with van der Waals surface area (Å²) in [7, 11) is 0. The molecule has 0 spiro atoms. The molecule has 0 bridgehead atoms. The van der Waals surface area contributed by atoms with Gasteiger partial charge in [0.05, 0.1) is 28.5 Å². The molecule has 1 aromatic carbocycles. The Morgan fingerprint density at radius 3 is 2.32 bits per heavy atom. The van der Waals surface area contributed by atoms with E-state index in [9.17, 15) is 28.4 Å². The first-order valence-electron chi connectivity index (χ1n) is 8.09. The zero-order chi connectivity index (χ0) is 20.4. The van der Waals surface area contributed by atoms with Crippen molar-refractivity contribution < 1.29 is 23.9 Å². The summed E-state index contributed by atoms with van der Waals surface area (Å²) < 4.78 is 14.5. The molecule has 1 aliphatic heterocycles. The number of aromatic amines is 1. The van der Waals surface area contributed by atoms with Gasteiger partial charge in [0.15, 0.2) is 0 Å². The Labute approximate surface area is 160 Å². The van der Waals surface area contributed by atoms with Crippen molar-refractivity contribution in [2.75, 3.05) is 12.3 Å². The number of benzene rings is 1. The lowest BCUT2D eigenvalue weighted by Crippen LogP contribution is -2.36. The largest absolute Gasteiger partial charge is 0.481 e. The SMILES string of the molecule is O=C(O)CSC(CCN1C(=O)c2ccccc2C1=O)n1cc(F)c(=O)[nH]c1=O. The first-order chi connectivity index (χ1) is 13.3. The van der Waals surface area contributed by atoms with E-state index in [-0.39, 0.29) is 24.1 Å². The Morgan fingerprint density at radius 1 is 1.14 bits per heavy atom. The highest BCUT2D eigenvalue weighted by Crippen LogP contribution is 2.28. The molecule has 0 saturated heterocycles. The van der Waals surface area contributed by atoms with Gasteiger partial charge in [-0.3, -0.25) is 33.6 Å². The summed E-state index contributed by atoms with van der Waals surface area (Å²) in [5.74, 6) is -3.76. The van der Waals surface area contributed by atoms with E-state index in [2.05, 4.69) is 0 Å². The molecule has 3 rings (SSSR count). The number of amides is 2. The number of aromatic nitrogens is 2. The number of carbonyl (C=O) groups is 3. The maximum Gasteiger partial charge on any atom is 0.329 e. The van der Waals surface area contributed by atoms with Crippen molar-refractivity contribution >= 4 is 29.5 Å². The summed E-state index contributed by atoms with van der Waals surface area (Å²) in [6.45, 7) is -0.114. The highest BCUT2D eigenvalue weighted by molar-refractivity contribution is 7.99. The second kappa shape index (κ2) is 7.80. The minimum Gasteiger partial charge on any atom is -0.481 e. The number of carbonyl (C=O) groups excluding carboxylic acids is 2. The van der Waals surface area contributed by atoms with Crippen LogP contribution in [0.3, 0.4) is 0 Å². The van der Waals surface area contributed by atoms with Gasteiger partial charge < -0.3 is 5.11 Å². The van der Waals surface area contributed by atoms with Gasteiger partial charge in [-0.1, -0.05) is 12.1 Å². The number of imide groups is 1. The molecule has 1 unspecified atom stereocenters. The predicted molar refractivity (Wildman–Crippen MR) is 96.8 cm³/mol. The number of aliphatic carboxylic acids is 1. The van der Waals surface area contributed by atoms with Crippen LogP contribution in [-0.4, -0.2) is 49.6 Å². The number of carboxylic acids is 1. The summed E-state index contributed by atoms with van der Waals surface area (Å²) in [6.07, 6.45) is 0.665. The lowest BCUT2D eigenvalue weighted by molar-refractivity contribution is -0.133. The molecule has 0 aliphatic carbocycles. The average Bonchev–Trinajstić information content (AvgIpc) is 2.90. The normalized spacial score (nSPS) is 14.2. The smallest absolute Gasteiger partial charge is 0.329 e. The molecule has 2 heterocycles. The Kier molecular flexibility index (Phi) is 5.45. The number of nitrogens with zero attached hydrogens (tertiary/aromatic N) is 2. The van der Waals surface area contributed by atoms with E-state index in [1.54, 1.807) is 17.1 Å². The van der Waals surface area contributed by atoms with Crippen LogP contribution in [0, 0.1) is 5.82 Å². The number of rotatable bonds is 7. The molecular formula is C17H14FN3O6S. The fraction of sp³-hybridized carbons (Fsp3) is 0.235. The van der Waals surface area contributed by atoms with E-state index >= 15 is 0 Å². The van der Waals surface area contributed by atoms with E-state index in [1.807, 2.05) is 0 Å². The van der Waals surface area contributed by atoms with Crippen LogP contribution in [0.2, 0.25) is 0 Å². The monoisotopic (exact) mass is 407 g/mol. The molecule has 2 amide bonds. The van der Waals surface area contributed by atoms with Crippen LogP contribution in [0.1, 0.15) is 32.5 Å². The summed E-state index contributed by atoms with van der Waals surface area (Å²) >= 11 is 0.807. The third kappa shape index (κ3) is 3.74. The molecule has 2 N–H and O–H groups in total. The second-order valence-corrected chi connectivity index (χ2v) is 7.07. The summed E-state index contributed by atoms with van der Waals surface area (Å²) in [5.41, 5.74) is -1.59. The number of hydrogen-bond donors (Lipinski definition) is 2. The van der Waals surface area contributed by atoms with Crippen LogP contribution in [0.5, 0.6) is 0 Å². The van der Waals surface area contributed by atoms with Crippen LogP contribution in [0.15, 0.2) is 40.1 Å². The topological polar surface area (TPSA) is 130 Å². The van der Waals surface area contributed by atoms with Crippen molar-refractivity contribution in [1.82, 2.24) is 14.5 Å². The van der Waals surface area contributed by atoms with Gasteiger partial charge in [0.2, 0.25) is 5.82 Å². The van der Waals surface area contributed by atoms with Gasteiger partial charge in [-0.25, -0.2) is 4.79 Å². The quantitative estimate of drug-likeness (QED) is 0.646. The van der Waals surface area contributed by atoms with Crippen molar-refractivity contribution in [3.05, 3.63) is 68.2 Å². The van der Waals surface area contributed by atoms with Crippen LogP contribution in [-0.2, 0) is 4.79 Å². The summed E-state index contributed by atoms with van der Waals surface area (Å²) in [6, 6.07) is 6.30. The average molecular weight is 407 g/mol. The van der Waals surface area contributed by atoms with Crippen molar-refractivity contribution in [3.63, 3.8) is 0 Å². The minimum absolute atomic E-state index is 0.0190. The second-order valence-electron chi connectivity index (χ2n) is 5.90. The van der Waals surface area contributed by atoms with Gasteiger partial charge >= 0.3 is 11.7 Å². The molecule has 1 aromatic heterocycles. The molecule has 9 nitrogen and oxygen atoms in total. The van der Waals surface area contributed by atoms with Gasteiger partial charge in [-0.05, 0) is 18.6 Å². The number of thioether (sulfide) groups is 1. The number of fused-ring (bicyclic) bond motifs is 1. The van der Waals surface area contributed by atoms with Gasteiger partial charge in [0.25, 0.3) is 17.4 Å². The lowest BCUT2D eigenvalue weighted by atomic mass is 10.1. The molecule has 28 heavy (non-hydrogen) atoms. The number of carboxylic acid groups (broad SMARTS) is 1. The van der Waals surface area contributed by atoms with Crippen LogP contribution < -0.4 is 11.2 Å². The number of halogens is 1. The molecule has 11 heteroatoms. The third-order valence-electron chi connectivity index (χ3n) is 4.11. The molecule has 0 fully saturated rings. The molecule has 0 saturated carbocycles. The fourth-order valence-corrected chi connectivity index (χ4v) is 3.75. The first kappa shape index (κ1) is 19.5. The maximum atomic E-state index is 13.6. The molecule has 1 aliphatic rings. The van der Waals surface area contributed by atoms with Crippen molar-refractivity contribution in [2.45, 2.75) is 11.8 Å². The third-order valence-corrected chi connectivity index (χ3v) is 5.37. The zero-order valence-electron chi connectivity index (χ0n) is 14.3. The number of nitrogens with one attached hydrogen (secondary N) is 1. The number of hydrogen-bond acceptors (Lipinski definition) is 6. The molecule has 0 radical (unpaired) electrons. The number of H-pyrrole nitrogens is 1. The lowest BCUT2D eigenvalue weighted by Gasteiger charge is -2.21. The van der Waals surface area contributed by atoms with Crippen LogP contribution >= 0.6 is 11.8 Å². The van der Waals surface area contributed by atoms with E-state index in [0.29, 0.717) is 6.20 Å². The van der Waals surface area contributed by atoms with E-state index < -0.39 is 46.0 Å².